The van der Waals surface area contributed by atoms with Gasteiger partial charge in [-0.15, -0.1) is 0 Å². The smallest absolute Gasteiger partial charge is 0.407 e. The number of hydrogen-bond donors (Lipinski definition) is 2. The summed E-state index contributed by atoms with van der Waals surface area (Å²) in [5.41, 5.74) is 3.01. The van der Waals surface area contributed by atoms with Crippen molar-refractivity contribution in [3.8, 4) is 22.9 Å². The summed E-state index contributed by atoms with van der Waals surface area (Å²) < 4.78 is 13.2. The lowest BCUT2D eigenvalue weighted by molar-refractivity contribution is -0.135. The highest BCUT2D eigenvalue weighted by molar-refractivity contribution is 6.45. The molecule has 1 fully saturated rings. The SMILES string of the molecule is N#CCOc1cc(Cl)c(Cl)c2c1c(-c1cn[nH]c1)c1n2CCN(C(=O)C[C@H]2COCCN2C(=O)O)C1. The van der Waals surface area contributed by atoms with E-state index in [1.165, 1.54) is 4.90 Å². The number of ether oxygens (including phenoxy) is 2. The van der Waals surface area contributed by atoms with Crippen LogP contribution in [0.15, 0.2) is 18.5 Å². The molecule has 36 heavy (non-hydrogen) atoms. The van der Waals surface area contributed by atoms with Gasteiger partial charge in [0, 0.05) is 55.1 Å². The van der Waals surface area contributed by atoms with Gasteiger partial charge in [-0.05, 0) is 0 Å². The highest BCUT2D eigenvalue weighted by Crippen LogP contribution is 2.47. The van der Waals surface area contributed by atoms with Gasteiger partial charge in [0.2, 0.25) is 5.91 Å². The molecule has 1 saturated heterocycles. The first-order valence-electron chi connectivity index (χ1n) is 11.3. The summed E-state index contributed by atoms with van der Waals surface area (Å²) in [4.78, 5) is 27.9. The van der Waals surface area contributed by atoms with Gasteiger partial charge in [0.05, 0.1) is 52.9 Å². The Hall–Kier alpha value is -3.46. The Balaban J connectivity index is 1.55. The van der Waals surface area contributed by atoms with E-state index in [-0.39, 0.29) is 38.6 Å². The summed E-state index contributed by atoms with van der Waals surface area (Å²) in [6.45, 7) is 1.66. The Bertz CT molecular complexity index is 1370. The topological polar surface area (TPSA) is 137 Å². The normalized spacial score (nSPS) is 17.6. The number of halogens is 2. The van der Waals surface area contributed by atoms with Gasteiger partial charge in [-0.1, -0.05) is 23.2 Å². The van der Waals surface area contributed by atoms with Crippen molar-refractivity contribution in [3.63, 3.8) is 0 Å². The first-order valence-corrected chi connectivity index (χ1v) is 12.0. The molecule has 1 aromatic carbocycles. The molecule has 0 spiro atoms. The van der Waals surface area contributed by atoms with Crippen molar-refractivity contribution in [2.75, 3.05) is 32.9 Å². The highest BCUT2D eigenvalue weighted by atomic mass is 35.5. The summed E-state index contributed by atoms with van der Waals surface area (Å²) in [7, 11) is 0. The van der Waals surface area contributed by atoms with E-state index in [2.05, 4.69) is 10.2 Å². The largest absolute Gasteiger partial charge is 0.478 e. The minimum absolute atomic E-state index is 0.0245. The van der Waals surface area contributed by atoms with Crippen molar-refractivity contribution in [1.29, 1.82) is 5.26 Å². The van der Waals surface area contributed by atoms with Gasteiger partial charge in [0.25, 0.3) is 0 Å². The molecule has 13 heteroatoms. The van der Waals surface area contributed by atoms with E-state index in [1.54, 1.807) is 23.4 Å². The lowest BCUT2D eigenvalue weighted by Gasteiger charge is -2.35. The monoisotopic (exact) mass is 532 g/mol. The maximum Gasteiger partial charge on any atom is 0.407 e. The molecule has 2 aliphatic rings. The van der Waals surface area contributed by atoms with Crippen LogP contribution in [-0.2, 0) is 22.6 Å². The number of carbonyl (C=O) groups is 2. The minimum atomic E-state index is -1.06. The lowest BCUT2D eigenvalue weighted by Crippen LogP contribution is -2.51. The van der Waals surface area contributed by atoms with E-state index in [9.17, 15) is 14.7 Å². The van der Waals surface area contributed by atoms with Gasteiger partial charge in [-0.2, -0.15) is 10.4 Å². The number of nitriles is 1. The molecular formula is C23H22Cl2N6O5. The maximum atomic E-state index is 13.3. The van der Waals surface area contributed by atoms with Crippen molar-refractivity contribution in [3.05, 3.63) is 34.2 Å². The number of fused-ring (bicyclic) bond motifs is 3. The predicted molar refractivity (Wildman–Crippen MR) is 130 cm³/mol. The van der Waals surface area contributed by atoms with Crippen LogP contribution in [-0.4, -0.2) is 80.6 Å². The second-order valence-electron chi connectivity index (χ2n) is 8.53. The van der Waals surface area contributed by atoms with Crippen LogP contribution in [0.5, 0.6) is 5.75 Å². The number of H-pyrrole nitrogens is 1. The zero-order chi connectivity index (χ0) is 25.4. The quantitative estimate of drug-likeness (QED) is 0.513. The van der Waals surface area contributed by atoms with Gasteiger partial charge in [0.1, 0.15) is 11.8 Å². The Morgan fingerprint density at radius 1 is 1.33 bits per heavy atom. The van der Waals surface area contributed by atoms with Crippen molar-refractivity contribution < 1.29 is 24.2 Å². The summed E-state index contributed by atoms with van der Waals surface area (Å²) >= 11 is 13.1. The standard InChI is InChI=1S/C23H22Cl2N6O5/c24-15-8-17(36-5-1-26)20-19(13-9-27-28-10-13)16-11-29(2-3-31(16)22(20)21(15)25)18(32)7-14-12-35-6-4-30(14)23(33)34/h8-10,14H,2-7,11-12H2,(H,27,28)(H,33,34)/t14-/m0/s1. The molecule has 2 amide bonds. The summed E-state index contributed by atoms with van der Waals surface area (Å²) in [5.74, 6) is 0.241. The second kappa shape index (κ2) is 9.89. The molecule has 0 unspecified atom stereocenters. The van der Waals surface area contributed by atoms with E-state index < -0.39 is 12.1 Å². The van der Waals surface area contributed by atoms with Crippen molar-refractivity contribution in [2.45, 2.75) is 25.6 Å². The fraction of sp³-hybridized carbons (Fsp3) is 0.391. The van der Waals surface area contributed by atoms with Crippen LogP contribution >= 0.6 is 23.2 Å². The zero-order valence-electron chi connectivity index (χ0n) is 19.0. The molecule has 11 nitrogen and oxygen atoms in total. The first kappa shape index (κ1) is 24.2. The Morgan fingerprint density at radius 2 is 2.17 bits per heavy atom. The molecule has 4 heterocycles. The third-order valence-corrected chi connectivity index (χ3v) is 7.32. The van der Waals surface area contributed by atoms with Gasteiger partial charge in [0.15, 0.2) is 6.61 Å². The molecule has 1 atom stereocenters. The van der Waals surface area contributed by atoms with Crippen LogP contribution < -0.4 is 4.74 Å². The molecule has 3 aromatic rings. The molecule has 2 aromatic heterocycles. The molecular weight excluding hydrogens is 511 g/mol. The molecule has 2 aliphatic heterocycles. The fourth-order valence-corrected chi connectivity index (χ4v) is 5.37. The summed E-state index contributed by atoms with van der Waals surface area (Å²) in [5, 5.41) is 26.8. The number of rotatable bonds is 5. The van der Waals surface area contributed by atoms with E-state index in [0.29, 0.717) is 46.4 Å². The summed E-state index contributed by atoms with van der Waals surface area (Å²) in [6, 6.07) is 3.02. The van der Waals surface area contributed by atoms with E-state index >= 15 is 0 Å². The minimum Gasteiger partial charge on any atom is -0.478 e. The molecule has 0 radical (unpaired) electrons. The van der Waals surface area contributed by atoms with Crippen molar-refractivity contribution in [1.82, 2.24) is 24.6 Å². The van der Waals surface area contributed by atoms with Crippen LogP contribution in [0.2, 0.25) is 10.0 Å². The Morgan fingerprint density at radius 3 is 2.89 bits per heavy atom. The van der Waals surface area contributed by atoms with E-state index in [0.717, 1.165) is 16.8 Å². The van der Waals surface area contributed by atoms with E-state index in [1.807, 2.05) is 10.6 Å². The molecule has 0 aliphatic carbocycles. The number of benzene rings is 1. The molecule has 188 valence electrons. The van der Waals surface area contributed by atoms with E-state index in [4.69, 9.17) is 37.9 Å². The van der Waals surface area contributed by atoms with Crippen LogP contribution in [0.1, 0.15) is 12.1 Å². The molecule has 5 rings (SSSR count). The van der Waals surface area contributed by atoms with Gasteiger partial charge in [-0.25, -0.2) is 4.79 Å². The third kappa shape index (κ3) is 4.21. The number of hydrogen-bond acceptors (Lipinski definition) is 6. The highest BCUT2D eigenvalue weighted by Gasteiger charge is 2.34. The average Bonchev–Trinajstić information content (AvgIpc) is 3.51. The Labute approximate surface area is 215 Å². The van der Waals surface area contributed by atoms with Crippen LogP contribution in [0.25, 0.3) is 22.0 Å². The first-order chi connectivity index (χ1) is 17.4. The number of carbonyl (C=O) groups excluding carboxylic acids is 1. The second-order valence-corrected chi connectivity index (χ2v) is 9.31. The number of morpholine rings is 1. The van der Waals surface area contributed by atoms with Crippen molar-refractivity contribution >= 4 is 46.1 Å². The zero-order valence-corrected chi connectivity index (χ0v) is 20.6. The van der Waals surface area contributed by atoms with Crippen LogP contribution in [0.3, 0.4) is 0 Å². The molecule has 2 N–H and O–H groups in total. The number of aromatic nitrogens is 3. The lowest BCUT2D eigenvalue weighted by atomic mass is 10.0. The number of carboxylic acid groups (broad SMARTS) is 1. The van der Waals surface area contributed by atoms with Crippen LogP contribution in [0.4, 0.5) is 4.79 Å². The average molecular weight is 533 g/mol. The van der Waals surface area contributed by atoms with Crippen molar-refractivity contribution in [2.24, 2.45) is 0 Å². The third-order valence-electron chi connectivity index (χ3n) is 6.54. The number of nitrogens with one attached hydrogen (secondary N) is 1. The summed E-state index contributed by atoms with van der Waals surface area (Å²) in [6.07, 6.45) is 2.36. The number of amides is 2. The fourth-order valence-electron chi connectivity index (χ4n) is 4.93. The maximum absolute atomic E-state index is 13.3. The van der Waals surface area contributed by atoms with Gasteiger partial charge < -0.3 is 28.9 Å². The predicted octanol–water partition coefficient (Wildman–Crippen LogP) is 3.35. The Kier molecular flexibility index (Phi) is 6.66. The number of aromatic amines is 1. The molecule has 0 saturated carbocycles. The molecule has 0 bridgehead atoms. The van der Waals surface area contributed by atoms with Crippen LogP contribution in [0, 0.1) is 11.3 Å². The van der Waals surface area contributed by atoms with Gasteiger partial charge >= 0.3 is 6.09 Å². The number of nitrogens with zero attached hydrogens (tertiary/aromatic N) is 5. The van der Waals surface area contributed by atoms with Gasteiger partial charge in [-0.3, -0.25) is 9.89 Å².